The number of hydrogen-bond acceptors (Lipinski definition) is 8. The number of thioether (sulfide) groups is 1. The number of carbonyl (C=O) groups is 2. The van der Waals surface area contributed by atoms with Crippen molar-refractivity contribution in [1.82, 2.24) is 20.4 Å². The number of rotatable bonds is 10. The third-order valence-electron chi connectivity index (χ3n) is 3.16. The Balaban J connectivity index is 1.75. The summed E-state index contributed by atoms with van der Waals surface area (Å²) in [5, 5.41) is 16.7. The van der Waals surface area contributed by atoms with Gasteiger partial charge in [-0.15, -0.1) is 21.5 Å². The first-order chi connectivity index (χ1) is 12.1. The molecule has 2 rings (SSSR count). The minimum Gasteiger partial charge on any atom is -0.360 e. The van der Waals surface area contributed by atoms with Crippen LogP contribution in [-0.2, 0) is 16.1 Å². The molecule has 0 aromatic carbocycles. The Labute approximate surface area is 159 Å². The van der Waals surface area contributed by atoms with E-state index in [4.69, 9.17) is 0 Å². The minimum absolute atomic E-state index is 0.0695. The zero-order valence-electron chi connectivity index (χ0n) is 14.2. The molecule has 0 saturated heterocycles. The van der Waals surface area contributed by atoms with E-state index in [1.165, 1.54) is 23.1 Å². The molecule has 0 unspecified atom stereocenters. The number of aromatic nitrogens is 2. The topological polar surface area (TPSA) is 87.2 Å². The van der Waals surface area contributed by atoms with Gasteiger partial charge in [0.15, 0.2) is 4.34 Å². The maximum atomic E-state index is 12.3. The lowest BCUT2D eigenvalue weighted by Gasteiger charge is -2.19. The number of hydrogen-bond donors (Lipinski definition) is 2. The van der Waals surface area contributed by atoms with Gasteiger partial charge >= 0.3 is 0 Å². The van der Waals surface area contributed by atoms with Gasteiger partial charge in [-0.25, -0.2) is 0 Å². The molecule has 25 heavy (non-hydrogen) atoms. The zero-order valence-corrected chi connectivity index (χ0v) is 16.6. The molecule has 0 aliphatic carbocycles. The number of anilines is 1. The van der Waals surface area contributed by atoms with Crippen molar-refractivity contribution in [3.05, 3.63) is 22.4 Å². The first-order valence-corrected chi connectivity index (χ1v) is 10.6. The Morgan fingerprint density at radius 2 is 2.16 bits per heavy atom. The molecule has 0 bridgehead atoms. The molecule has 10 heteroatoms. The summed E-state index contributed by atoms with van der Waals surface area (Å²) < 4.78 is 0.738. The summed E-state index contributed by atoms with van der Waals surface area (Å²) in [6, 6.07) is 3.91. The summed E-state index contributed by atoms with van der Waals surface area (Å²) in [4.78, 5) is 27.0. The largest absolute Gasteiger partial charge is 0.360 e. The van der Waals surface area contributed by atoms with Crippen molar-refractivity contribution in [2.24, 2.45) is 0 Å². The molecule has 0 fully saturated rings. The lowest BCUT2D eigenvalue weighted by atomic mass is 10.4. The molecule has 7 nitrogen and oxygen atoms in total. The SMILES string of the molecule is CCNc1nnc(SCC(=O)N(CC)CC(=O)NCc2cccs2)s1. The third-order valence-corrected chi connectivity index (χ3v) is 6.04. The van der Waals surface area contributed by atoms with Crippen LogP contribution < -0.4 is 10.6 Å². The molecule has 0 aliphatic rings. The molecule has 2 amide bonds. The van der Waals surface area contributed by atoms with Crippen LogP contribution in [0.15, 0.2) is 21.9 Å². The summed E-state index contributed by atoms with van der Waals surface area (Å²) in [5.41, 5.74) is 0. The average Bonchev–Trinajstić information content (AvgIpc) is 3.28. The highest BCUT2D eigenvalue weighted by molar-refractivity contribution is 8.01. The second kappa shape index (κ2) is 10.4. The zero-order chi connectivity index (χ0) is 18.1. The molecule has 0 atom stereocenters. The second-order valence-corrected chi connectivity index (χ2v) is 8.19. The molecular weight excluding hydrogens is 378 g/mol. The van der Waals surface area contributed by atoms with Crippen molar-refractivity contribution in [1.29, 1.82) is 0 Å². The summed E-state index contributed by atoms with van der Waals surface area (Å²) >= 11 is 4.35. The van der Waals surface area contributed by atoms with E-state index in [2.05, 4.69) is 20.8 Å². The van der Waals surface area contributed by atoms with E-state index in [1.807, 2.05) is 31.4 Å². The van der Waals surface area contributed by atoms with Gasteiger partial charge in [0.1, 0.15) is 0 Å². The second-order valence-electron chi connectivity index (χ2n) is 4.96. The van der Waals surface area contributed by atoms with Crippen LogP contribution in [0, 0.1) is 0 Å². The predicted molar refractivity (Wildman–Crippen MR) is 103 cm³/mol. The van der Waals surface area contributed by atoms with Crippen molar-refractivity contribution >= 4 is 51.4 Å². The Hall–Kier alpha value is -1.65. The highest BCUT2D eigenvalue weighted by Gasteiger charge is 2.17. The standard InChI is InChI=1S/C15H21N5O2S3/c1-3-16-14-18-19-15(25-14)24-10-13(22)20(4-2)9-12(21)17-8-11-6-5-7-23-11/h5-7H,3-4,8-10H2,1-2H3,(H,16,18)(H,17,21). The van der Waals surface area contributed by atoms with Gasteiger partial charge in [-0.2, -0.15) is 0 Å². The molecule has 2 aromatic rings. The molecule has 0 spiro atoms. The molecule has 0 saturated carbocycles. The van der Waals surface area contributed by atoms with Crippen molar-refractivity contribution in [2.75, 3.05) is 30.7 Å². The summed E-state index contributed by atoms with van der Waals surface area (Å²) in [6.45, 7) is 5.69. The van der Waals surface area contributed by atoms with E-state index >= 15 is 0 Å². The summed E-state index contributed by atoms with van der Waals surface area (Å²) in [6.07, 6.45) is 0. The van der Waals surface area contributed by atoms with Crippen LogP contribution in [0.1, 0.15) is 18.7 Å². The fourth-order valence-corrected chi connectivity index (χ4v) is 4.28. The quantitative estimate of drug-likeness (QED) is 0.596. The van der Waals surface area contributed by atoms with Crippen LogP contribution >= 0.6 is 34.4 Å². The fourth-order valence-electron chi connectivity index (χ4n) is 1.91. The first kappa shape index (κ1) is 19.7. The molecule has 2 N–H and O–H groups in total. The monoisotopic (exact) mass is 399 g/mol. The van der Waals surface area contributed by atoms with Crippen LogP contribution in [0.5, 0.6) is 0 Å². The smallest absolute Gasteiger partial charge is 0.239 e. The highest BCUT2D eigenvalue weighted by Crippen LogP contribution is 2.25. The van der Waals surface area contributed by atoms with E-state index in [-0.39, 0.29) is 24.1 Å². The van der Waals surface area contributed by atoms with E-state index in [9.17, 15) is 9.59 Å². The lowest BCUT2D eigenvalue weighted by Crippen LogP contribution is -2.41. The number of amides is 2. The predicted octanol–water partition coefficient (Wildman–Crippen LogP) is 2.29. The van der Waals surface area contributed by atoms with E-state index in [1.54, 1.807) is 16.2 Å². The highest BCUT2D eigenvalue weighted by atomic mass is 32.2. The molecular formula is C15H21N5O2S3. The van der Waals surface area contributed by atoms with Crippen molar-refractivity contribution in [3.8, 4) is 0 Å². The normalized spacial score (nSPS) is 10.5. The van der Waals surface area contributed by atoms with E-state index in [0.29, 0.717) is 13.1 Å². The Morgan fingerprint density at radius 3 is 2.84 bits per heavy atom. The molecule has 2 aromatic heterocycles. The van der Waals surface area contributed by atoms with Crippen molar-refractivity contribution in [2.45, 2.75) is 24.7 Å². The molecule has 136 valence electrons. The minimum atomic E-state index is -0.154. The van der Waals surface area contributed by atoms with Gasteiger partial charge in [0.25, 0.3) is 0 Å². The van der Waals surface area contributed by atoms with Gasteiger partial charge in [0.05, 0.1) is 18.8 Å². The van der Waals surface area contributed by atoms with Crippen LogP contribution in [0.25, 0.3) is 0 Å². The maximum absolute atomic E-state index is 12.3. The lowest BCUT2D eigenvalue weighted by molar-refractivity contribution is -0.133. The van der Waals surface area contributed by atoms with Crippen molar-refractivity contribution < 1.29 is 9.59 Å². The van der Waals surface area contributed by atoms with Gasteiger partial charge in [-0.05, 0) is 25.3 Å². The summed E-state index contributed by atoms with van der Waals surface area (Å²) in [7, 11) is 0. The number of thiophene rings is 1. The number of likely N-dealkylation sites (N-methyl/N-ethyl adjacent to an activating group) is 1. The van der Waals surface area contributed by atoms with Crippen LogP contribution in [0.4, 0.5) is 5.13 Å². The third kappa shape index (κ3) is 6.63. The number of nitrogens with one attached hydrogen (secondary N) is 2. The summed E-state index contributed by atoms with van der Waals surface area (Å²) in [5.74, 6) is 0.00482. The number of nitrogens with zero attached hydrogens (tertiary/aromatic N) is 3. The molecule has 2 heterocycles. The number of carbonyl (C=O) groups excluding carboxylic acids is 2. The van der Waals surface area contributed by atoms with Gasteiger partial charge in [0.2, 0.25) is 16.9 Å². The average molecular weight is 400 g/mol. The Kier molecular flexibility index (Phi) is 8.16. The van der Waals surface area contributed by atoms with E-state index in [0.717, 1.165) is 20.9 Å². The first-order valence-electron chi connectivity index (χ1n) is 7.89. The van der Waals surface area contributed by atoms with Gasteiger partial charge < -0.3 is 15.5 Å². The molecule has 0 aliphatic heterocycles. The van der Waals surface area contributed by atoms with E-state index < -0.39 is 0 Å². The van der Waals surface area contributed by atoms with Crippen molar-refractivity contribution in [3.63, 3.8) is 0 Å². The van der Waals surface area contributed by atoms with Crippen LogP contribution in [0.2, 0.25) is 0 Å². The maximum Gasteiger partial charge on any atom is 0.239 e. The fraction of sp³-hybridized carbons (Fsp3) is 0.467. The Morgan fingerprint density at radius 1 is 1.32 bits per heavy atom. The van der Waals surface area contributed by atoms with Gasteiger partial charge in [-0.1, -0.05) is 29.2 Å². The Bertz CT molecular complexity index is 675. The molecule has 0 radical (unpaired) electrons. The van der Waals surface area contributed by atoms with Gasteiger partial charge in [-0.3, -0.25) is 9.59 Å². The van der Waals surface area contributed by atoms with Crippen LogP contribution in [0.3, 0.4) is 0 Å². The van der Waals surface area contributed by atoms with Gasteiger partial charge in [0, 0.05) is 18.0 Å². The van der Waals surface area contributed by atoms with Crippen LogP contribution in [-0.4, -0.2) is 52.3 Å².